The van der Waals surface area contributed by atoms with Crippen LogP contribution in [0.2, 0.25) is 0 Å². The fourth-order valence-corrected chi connectivity index (χ4v) is 2.83. The average Bonchev–Trinajstić information content (AvgIpc) is 2.66. The van der Waals surface area contributed by atoms with Crippen molar-refractivity contribution in [3.05, 3.63) is 59.4 Å². The van der Waals surface area contributed by atoms with Crippen molar-refractivity contribution < 1.29 is 18.7 Å². The molecule has 3 rings (SSSR count). The molecule has 0 spiro atoms. The van der Waals surface area contributed by atoms with Crippen molar-refractivity contribution in [2.75, 3.05) is 26.3 Å². The van der Waals surface area contributed by atoms with E-state index in [2.05, 4.69) is 10.6 Å². The molecule has 5 nitrogen and oxygen atoms in total. The molecule has 0 saturated carbocycles. The molecule has 138 valence electrons. The summed E-state index contributed by atoms with van der Waals surface area (Å²) < 4.78 is 24.8. The second-order valence-electron chi connectivity index (χ2n) is 6.20. The molecule has 1 heterocycles. The number of carbonyl (C=O) groups is 1. The quantitative estimate of drug-likeness (QED) is 0.799. The van der Waals surface area contributed by atoms with Gasteiger partial charge in [-0.2, -0.15) is 0 Å². The van der Waals surface area contributed by atoms with E-state index in [-0.39, 0.29) is 24.3 Å². The van der Waals surface area contributed by atoms with Gasteiger partial charge in [0.2, 0.25) is 5.91 Å². The fourth-order valence-electron chi connectivity index (χ4n) is 2.83. The number of benzene rings is 2. The number of halogens is 1. The SMILES string of the molecule is CC(NCC(=O)NCCc1ccc2c(c1)OCCO2)c1ccccc1F. The smallest absolute Gasteiger partial charge is 0.233 e. The Morgan fingerprint density at radius 3 is 2.73 bits per heavy atom. The number of hydrogen-bond donors (Lipinski definition) is 2. The molecule has 0 saturated heterocycles. The number of hydrogen-bond acceptors (Lipinski definition) is 4. The molecule has 1 aliphatic heterocycles. The van der Waals surface area contributed by atoms with Crippen molar-refractivity contribution >= 4 is 5.91 Å². The van der Waals surface area contributed by atoms with Gasteiger partial charge in [-0.15, -0.1) is 0 Å². The van der Waals surface area contributed by atoms with E-state index < -0.39 is 0 Å². The van der Waals surface area contributed by atoms with Crippen LogP contribution in [-0.2, 0) is 11.2 Å². The molecule has 2 N–H and O–H groups in total. The summed E-state index contributed by atoms with van der Waals surface area (Å²) in [6.45, 7) is 3.62. The summed E-state index contributed by atoms with van der Waals surface area (Å²) in [6.07, 6.45) is 0.700. The van der Waals surface area contributed by atoms with Gasteiger partial charge < -0.3 is 20.1 Å². The first-order valence-corrected chi connectivity index (χ1v) is 8.76. The van der Waals surface area contributed by atoms with Crippen molar-refractivity contribution in [1.29, 1.82) is 0 Å². The van der Waals surface area contributed by atoms with Crippen LogP contribution in [0.5, 0.6) is 11.5 Å². The molecule has 0 bridgehead atoms. The van der Waals surface area contributed by atoms with Gasteiger partial charge >= 0.3 is 0 Å². The van der Waals surface area contributed by atoms with E-state index in [9.17, 15) is 9.18 Å². The zero-order valence-corrected chi connectivity index (χ0v) is 14.8. The average molecular weight is 358 g/mol. The van der Waals surface area contributed by atoms with E-state index in [1.165, 1.54) is 6.07 Å². The zero-order chi connectivity index (χ0) is 18.4. The maximum Gasteiger partial charge on any atom is 0.233 e. The van der Waals surface area contributed by atoms with Crippen LogP contribution in [0.3, 0.4) is 0 Å². The topological polar surface area (TPSA) is 59.6 Å². The van der Waals surface area contributed by atoms with E-state index in [1.54, 1.807) is 18.2 Å². The molecule has 26 heavy (non-hydrogen) atoms. The van der Waals surface area contributed by atoms with E-state index in [0.29, 0.717) is 31.7 Å². The molecule has 1 atom stereocenters. The Balaban J connectivity index is 1.41. The Morgan fingerprint density at radius 2 is 1.92 bits per heavy atom. The van der Waals surface area contributed by atoms with Crippen molar-refractivity contribution in [3.8, 4) is 11.5 Å². The number of fused-ring (bicyclic) bond motifs is 1. The second kappa shape index (κ2) is 8.67. The fraction of sp³-hybridized carbons (Fsp3) is 0.350. The van der Waals surface area contributed by atoms with E-state index in [4.69, 9.17) is 9.47 Å². The highest BCUT2D eigenvalue weighted by atomic mass is 19.1. The van der Waals surface area contributed by atoms with Crippen molar-refractivity contribution in [3.63, 3.8) is 0 Å². The molecular weight excluding hydrogens is 335 g/mol. The Bertz CT molecular complexity index is 766. The molecule has 0 aromatic heterocycles. The summed E-state index contributed by atoms with van der Waals surface area (Å²) in [6, 6.07) is 12.1. The highest BCUT2D eigenvalue weighted by molar-refractivity contribution is 5.78. The normalized spacial score (nSPS) is 13.9. The minimum atomic E-state index is -0.272. The molecule has 0 aliphatic carbocycles. The lowest BCUT2D eigenvalue weighted by atomic mass is 10.1. The van der Waals surface area contributed by atoms with Crippen molar-refractivity contribution in [1.82, 2.24) is 10.6 Å². The molecule has 2 aromatic rings. The van der Waals surface area contributed by atoms with E-state index >= 15 is 0 Å². The van der Waals surface area contributed by atoms with Crippen molar-refractivity contribution in [2.45, 2.75) is 19.4 Å². The minimum absolute atomic E-state index is 0.120. The predicted octanol–water partition coefficient (Wildman–Crippen LogP) is 2.61. The Hall–Kier alpha value is -2.60. The number of carbonyl (C=O) groups excluding carboxylic acids is 1. The zero-order valence-electron chi connectivity index (χ0n) is 14.8. The van der Waals surface area contributed by atoms with Crippen LogP contribution in [0.15, 0.2) is 42.5 Å². The van der Waals surface area contributed by atoms with E-state index in [1.807, 2.05) is 25.1 Å². The summed E-state index contributed by atoms with van der Waals surface area (Å²) in [4.78, 5) is 12.0. The summed E-state index contributed by atoms with van der Waals surface area (Å²) in [7, 11) is 0. The first kappa shape index (κ1) is 18.2. The van der Waals surface area contributed by atoms with Gasteiger partial charge in [-0.05, 0) is 37.1 Å². The molecule has 0 radical (unpaired) electrons. The van der Waals surface area contributed by atoms with Gasteiger partial charge in [0.25, 0.3) is 0 Å². The number of amides is 1. The third kappa shape index (κ3) is 4.73. The predicted molar refractivity (Wildman–Crippen MR) is 97.0 cm³/mol. The monoisotopic (exact) mass is 358 g/mol. The Kier molecular flexibility index (Phi) is 6.07. The van der Waals surface area contributed by atoms with Crippen molar-refractivity contribution in [2.24, 2.45) is 0 Å². The van der Waals surface area contributed by atoms with Gasteiger partial charge in [-0.25, -0.2) is 4.39 Å². The van der Waals surface area contributed by atoms with Gasteiger partial charge in [0.15, 0.2) is 11.5 Å². The Labute approximate surface area is 152 Å². The third-order valence-electron chi connectivity index (χ3n) is 4.28. The van der Waals surface area contributed by atoms with Crippen LogP contribution in [0.4, 0.5) is 4.39 Å². The van der Waals surface area contributed by atoms with E-state index in [0.717, 1.165) is 17.1 Å². The lowest BCUT2D eigenvalue weighted by molar-refractivity contribution is -0.120. The molecule has 2 aromatic carbocycles. The highest BCUT2D eigenvalue weighted by Crippen LogP contribution is 2.30. The molecular formula is C20H23FN2O3. The summed E-state index contributed by atoms with van der Waals surface area (Å²) in [5.74, 6) is 1.12. The maximum atomic E-state index is 13.7. The summed E-state index contributed by atoms with van der Waals surface area (Å²) >= 11 is 0. The van der Waals surface area contributed by atoms with Gasteiger partial charge in [0.1, 0.15) is 19.0 Å². The lowest BCUT2D eigenvalue weighted by Gasteiger charge is -2.19. The Morgan fingerprint density at radius 1 is 1.15 bits per heavy atom. The van der Waals surface area contributed by atoms with Crippen LogP contribution < -0.4 is 20.1 Å². The number of ether oxygens (including phenoxy) is 2. The summed E-state index contributed by atoms with van der Waals surface area (Å²) in [5, 5.41) is 5.91. The number of nitrogens with one attached hydrogen (secondary N) is 2. The van der Waals surface area contributed by atoms with Gasteiger partial charge in [0, 0.05) is 18.2 Å². The summed E-state index contributed by atoms with van der Waals surface area (Å²) in [5.41, 5.74) is 1.62. The van der Waals surface area contributed by atoms with Crippen LogP contribution >= 0.6 is 0 Å². The van der Waals surface area contributed by atoms with Crippen LogP contribution in [0.25, 0.3) is 0 Å². The standard InChI is InChI=1S/C20H23FN2O3/c1-14(16-4-2-3-5-17(16)21)23-13-20(24)22-9-8-15-6-7-18-19(12-15)26-11-10-25-18/h2-7,12,14,23H,8-11,13H2,1H3,(H,22,24). The first-order chi connectivity index (χ1) is 12.6. The molecule has 1 aliphatic rings. The molecule has 0 fully saturated rings. The van der Waals surface area contributed by atoms with Gasteiger partial charge in [0.05, 0.1) is 6.54 Å². The van der Waals surface area contributed by atoms with Crippen LogP contribution in [-0.4, -0.2) is 32.2 Å². The minimum Gasteiger partial charge on any atom is -0.486 e. The molecule has 1 amide bonds. The van der Waals surface area contributed by atoms with Crippen LogP contribution in [0, 0.1) is 5.82 Å². The van der Waals surface area contributed by atoms with Gasteiger partial charge in [-0.1, -0.05) is 24.3 Å². The largest absolute Gasteiger partial charge is 0.486 e. The maximum absolute atomic E-state index is 13.7. The molecule has 1 unspecified atom stereocenters. The lowest BCUT2D eigenvalue weighted by Crippen LogP contribution is -2.36. The second-order valence-corrected chi connectivity index (χ2v) is 6.20. The first-order valence-electron chi connectivity index (χ1n) is 8.76. The third-order valence-corrected chi connectivity index (χ3v) is 4.28. The molecule has 6 heteroatoms. The van der Waals surface area contributed by atoms with Crippen LogP contribution in [0.1, 0.15) is 24.1 Å². The van der Waals surface area contributed by atoms with Gasteiger partial charge in [-0.3, -0.25) is 4.79 Å². The number of rotatable bonds is 7. The highest BCUT2D eigenvalue weighted by Gasteiger charge is 2.13.